The fraction of sp³-hybridized carbons (Fsp3) is 0.600. The van der Waals surface area contributed by atoms with Crippen molar-refractivity contribution in [2.24, 2.45) is 0 Å². The molecule has 1 aromatic rings. The van der Waals surface area contributed by atoms with Gasteiger partial charge in [-0.05, 0) is 28.7 Å². The van der Waals surface area contributed by atoms with Crippen LogP contribution in [0.15, 0.2) is 24.3 Å². The fourth-order valence-electron chi connectivity index (χ4n) is 2.38. The molecule has 33 heavy (non-hydrogen) atoms. The highest BCUT2D eigenvalue weighted by molar-refractivity contribution is 14.1. The third-order valence-electron chi connectivity index (χ3n) is 4.26. The molecule has 1 N–H and O–H groups in total. The van der Waals surface area contributed by atoms with Crippen LogP contribution in [0.3, 0.4) is 0 Å². The van der Waals surface area contributed by atoms with Crippen LogP contribution in [0.5, 0.6) is 0 Å². The maximum absolute atomic E-state index is 14.0. The van der Waals surface area contributed by atoms with Crippen LogP contribution in [0.4, 0.5) is 70.2 Å². The van der Waals surface area contributed by atoms with Crippen LogP contribution >= 0.6 is 22.6 Å². The second-order valence-corrected chi connectivity index (χ2v) is 7.68. The molecule has 18 heteroatoms. The van der Waals surface area contributed by atoms with Gasteiger partial charge in [-0.15, -0.1) is 0 Å². The van der Waals surface area contributed by atoms with Crippen LogP contribution in [-0.2, 0) is 5.60 Å². The van der Waals surface area contributed by atoms with Crippen LogP contribution in [0.1, 0.15) is 12.0 Å². The summed E-state index contributed by atoms with van der Waals surface area (Å²) in [4.78, 5) is 0. The van der Waals surface area contributed by atoms with Gasteiger partial charge in [0.25, 0.3) is 0 Å². The molecule has 0 heterocycles. The summed E-state index contributed by atoms with van der Waals surface area (Å²) in [6.07, 6.45) is -17.9. The molecule has 1 rings (SSSR count). The highest BCUT2D eigenvalue weighted by Crippen LogP contribution is 2.62. The Balaban J connectivity index is 3.69. The predicted octanol–water partition coefficient (Wildman–Crippen LogP) is 7.17. The monoisotopic (exact) mass is 634 g/mol. The zero-order valence-electron chi connectivity index (χ0n) is 14.9. The molecule has 0 spiro atoms. The van der Waals surface area contributed by atoms with Gasteiger partial charge in [0, 0.05) is 9.13 Å². The smallest absolute Gasteiger partial charge is 0.376 e. The van der Waals surface area contributed by atoms with Gasteiger partial charge in [0.2, 0.25) is 0 Å². The zero-order valence-corrected chi connectivity index (χ0v) is 17.0. The molecule has 0 amide bonds. The molecule has 1 nitrogen and oxygen atoms in total. The molecule has 0 aliphatic heterocycles. The second-order valence-electron chi connectivity index (χ2n) is 6.51. The molecule has 1 aromatic carbocycles. The number of alkyl halides is 16. The van der Waals surface area contributed by atoms with Crippen molar-refractivity contribution in [1.29, 1.82) is 0 Å². The Hall–Kier alpha value is -1.21. The summed E-state index contributed by atoms with van der Waals surface area (Å²) in [6, 6.07) is 2.49. The summed E-state index contributed by atoms with van der Waals surface area (Å²) in [5, 5.41) is 9.75. The Labute approximate surface area is 185 Å². The van der Waals surface area contributed by atoms with E-state index in [1.165, 1.54) is 0 Å². The number of hydrogen-bond acceptors (Lipinski definition) is 1. The van der Waals surface area contributed by atoms with E-state index in [9.17, 15) is 75.4 Å². The van der Waals surface area contributed by atoms with Crippen LogP contribution < -0.4 is 0 Å². The molecule has 0 aliphatic rings. The average molecular weight is 634 g/mol. The van der Waals surface area contributed by atoms with Gasteiger partial charge in [-0.1, -0.05) is 18.2 Å². The van der Waals surface area contributed by atoms with Gasteiger partial charge in [0.15, 0.2) is 5.60 Å². The van der Waals surface area contributed by atoms with Crippen LogP contribution in [-0.4, -0.2) is 47.1 Å². The molecule has 1 unspecified atom stereocenters. The normalized spacial score (nSPS) is 17.2. The van der Waals surface area contributed by atoms with E-state index in [2.05, 4.69) is 0 Å². The van der Waals surface area contributed by atoms with Gasteiger partial charge in [-0.3, -0.25) is 0 Å². The van der Waals surface area contributed by atoms with E-state index >= 15 is 0 Å². The summed E-state index contributed by atoms with van der Waals surface area (Å²) < 4.78 is 210. The Bertz CT molecular complexity index is 858. The Morgan fingerprint density at radius 2 is 0.970 bits per heavy atom. The lowest BCUT2D eigenvalue weighted by atomic mass is 9.82. The minimum atomic E-state index is -8.27. The fourth-order valence-corrected chi connectivity index (χ4v) is 3.21. The highest BCUT2D eigenvalue weighted by Gasteiger charge is 2.91. The van der Waals surface area contributed by atoms with Crippen LogP contribution in [0.25, 0.3) is 0 Å². The summed E-state index contributed by atoms with van der Waals surface area (Å²) in [5.74, 6) is -39.6. The van der Waals surface area contributed by atoms with Gasteiger partial charge in [-0.25, -0.2) is 0 Å². The maximum atomic E-state index is 14.0. The van der Waals surface area contributed by atoms with Crippen LogP contribution in [0, 0.1) is 3.57 Å². The minimum Gasteiger partial charge on any atom is -0.376 e. The lowest BCUT2D eigenvalue weighted by Crippen LogP contribution is -2.70. The van der Waals surface area contributed by atoms with Gasteiger partial charge in [-0.2, -0.15) is 70.2 Å². The molecule has 0 saturated heterocycles. The first kappa shape index (κ1) is 29.8. The van der Waals surface area contributed by atoms with Gasteiger partial charge >= 0.3 is 42.0 Å². The molecule has 0 aromatic heterocycles. The van der Waals surface area contributed by atoms with Crippen molar-refractivity contribution >= 4 is 22.6 Å². The molecular weight excluding hydrogens is 627 g/mol. The van der Waals surface area contributed by atoms with E-state index in [1.54, 1.807) is 0 Å². The molecule has 0 bridgehead atoms. The highest BCUT2D eigenvalue weighted by atomic mass is 127. The number of halogens is 17. The molecule has 0 fully saturated rings. The molecule has 0 radical (unpaired) electrons. The van der Waals surface area contributed by atoms with E-state index < -0.39 is 63.1 Å². The third-order valence-corrected chi connectivity index (χ3v) is 5.21. The average Bonchev–Trinajstić information content (AvgIpc) is 2.58. The standard InChI is InChI=1S/C15H7F16IO/c16-9(17,5-8(33,14(26,27)28)6-3-1-2-4-7(6)32)10(18,19)11(20,21)12(22,23)13(24,25)15(29,30)31/h1-4,33H,5H2. The van der Waals surface area contributed by atoms with Gasteiger partial charge in [0.1, 0.15) is 0 Å². The first-order valence-electron chi connectivity index (χ1n) is 7.72. The minimum absolute atomic E-state index is 0.216. The number of aliphatic hydroxyl groups is 1. The van der Waals surface area contributed by atoms with Crippen molar-refractivity contribution in [2.75, 3.05) is 0 Å². The topological polar surface area (TPSA) is 20.2 Å². The van der Waals surface area contributed by atoms with Crippen molar-refractivity contribution in [3.63, 3.8) is 0 Å². The van der Waals surface area contributed by atoms with Crippen molar-refractivity contribution in [2.45, 2.75) is 54.0 Å². The van der Waals surface area contributed by atoms with Crippen LogP contribution in [0.2, 0.25) is 0 Å². The van der Waals surface area contributed by atoms with E-state index in [0.29, 0.717) is 12.1 Å². The predicted molar refractivity (Wildman–Crippen MR) is 84.5 cm³/mol. The van der Waals surface area contributed by atoms with E-state index in [1.807, 2.05) is 0 Å². The molecule has 192 valence electrons. The van der Waals surface area contributed by atoms with E-state index in [4.69, 9.17) is 0 Å². The SMILES string of the molecule is OC(CC(F)(F)C(F)(F)C(F)(F)C(F)(F)C(F)(F)C(F)(F)F)(c1ccccc1I)C(F)(F)F. The number of rotatable bonds is 7. The summed E-state index contributed by atoms with van der Waals surface area (Å²) in [5.41, 5.74) is -6.81. The van der Waals surface area contributed by atoms with E-state index in [0.717, 1.165) is 28.7 Å². The molecule has 0 saturated carbocycles. The summed E-state index contributed by atoms with van der Waals surface area (Å²) in [7, 11) is 0. The lowest BCUT2D eigenvalue weighted by Gasteiger charge is -2.42. The third kappa shape index (κ3) is 4.44. The molecule has 1 atom stereocenters. The first-order valence-corrected chi connectivity index (χ1v) is 8.80. The molecular formula is C15H7F16IO. The second kappa shape index (κ2) is 8.18. The van der Waals surface area contributed by atoms with Crippen molar-refractivity contribution in [3.8, 4) is 0 Å². The largest absolute Gasteiger partial charge is 0.460 e. The summed E-state index contributed by atoms with van der Waals surface area (Å²) >= 11 is 0.962. The van der Waals surface area contributed by atoms with Crippen molar-refractivity contribution in [1.82, 2.24) is 0 Å². The van der Waals surface area contributed by atoms with Crippen molar-refractivity contribution < 1.29 is 75.4 Å². The number of benzene rings is 1. The Morgan fingerprint density at radius 3 is 1.33 bits per heavy atom. The maximum Gasteiger partial charge on any atom is 0.460 e. The Kier molecular flexibility index (Phi) is 7.39. The first-order chi connectivity index (χ1) is 14.2. The van der Waals surface area contributed by atoms with E-state index in [-0.39, 0.29) is 6.07 Å². The van der Waals surface area contributed by atoms with Gasteiger partial charge < -0.3 is 5.11 Å². The number of hydrogen-bond donors (Lipinski definition) is 1. The zero-order chi connectivity index (χ0) is 26.7. The Morgan fingerprint density at radius 1 is 0.576 bits per heavy atom. The van der Waals surface area contributed by atoms with Gasteiger partial charge in [0.05, 0.1) is 6.42 Å². The lowest BCUT2D eigenvalue weighted by molar-refractivity contribution is -0.443. The molecule has 0 aliphatic carbocycles. The quantitative estimate of drug-likeness (QED) is 0.249. The summed E-state index contributed by atoms with van der Waals surface area (Å²) in [6.45, 7) is 0. The van der Waals surface area contributed by atoms with Crippen molar-refractivity contribution in [3.05, 3.63) is 33.4 Å².